The Kier molecular flexibility index (Phi) is 4.83. The summed E-state index contributed by atoms with van der Waals surface area (Å²) in [6.45, 7) is 3.99. The summed E-state index contributed by atoms with van der Waals surface area (Å²) >= 11 is 1.70. The molecule has 0 aliphatic carbocycles. The van der Waals surface area contributed by atoms with Crippen molar-refractivity contribution >= 4 is 17.7 Å². The smallest absolute Gasteiger partial charge is 0.244 e. The van der Waals surface area contributed by atoms with Gasteiger partial charge in [-0.3, -0.25) is 10.0 Å². The van der Waals surface area contributed by atoms with Gasteiger partial charge in [0, 0.05) is 16.9 Å². The maximum Gasteiger partial charge on any atom is 0.244 e. The van der Waals surface area contributed by atoms with Gasteiger partial charge in [0.1, 0.15) is 0 Å². The average Bonchev–Trinajstić information content (AvgIpc) is 2.27. The second-order valence-electron chi connectivity index (χ2n) is 4.25. The van der Waals surface area contributed by atoms with Gasteiger partial charge in [0.05, 0.1) is 0 Å². The molecule has 4 heteroatoms. The summed E-state index contributed by atoms with van der Waals surface area (Å²) < 4.78 is -0.178. The highest BCUT2D eigenvalue weighted by atomic mass is 32.2. The van der Waals surface area contributed by atoms with Gasteiger partial charge in [-0.25, -0.2) is 5.48 Å². The maximum absolute atomic E-state index is 11.1. The van der Waals surface area contributed by atoms with Crippen molar-refractivity contribution in [1.82, 2.24) is 5.48 Å². The lowest BCUT2D eigenvalue weighted by molar-refractivity contribution is -0.129. The second kappa shape index (κ2) is 5.92. The lowest BCUT2D eigenvalue weighted by Crippen LogP contribution is -2.28. The second-order valence-corrected chi connectivity index (χ2v) is 5.93. The highest BCUT2D eigenvalue weighted by Crippen LogP contribution is 2.30. The van der Waals surface area contributed by atoms with E-state index in [9.17, 15) is 4.79 Å². The number of thioether (sulfide) groups is 1. The van der Waals surface area contributed by atoms with Crippen LogP contribution in [0.15, 0.2) is 30.3 Å². The van der Waals surface area contributed by atoms with Crippen LogP contribution < -0.4 is 5.48 Å². The first kappa shape index (κ1) is 13.1. The fourth-order valence-corrected chi connectivity index (χ4v) is 2.31. The number of benzene rings is 1. The summed E-state index contributed by atoms with van der Waals surface area (Å²) in [5.41, 5.74) is 2.91. The Labute approximate surface area is 100 Å². The van der Waals surface area contributed by atoms with E-state index in [0.29, 0.717) is 6.42 Å². The van der Waals surface area contributed by atoms with E-state index in [4.69, 9.17) is 5.21 Å². The first-order valence-corrected chi connectivity index (χ1v) is 6.13. The molecule has 0 atom stereocenters. The van der Waals surface area contributed by atoms with Crippen molar-refractivity contribution in [3.8, 4) is 0 Å². The Hall–Kier alpha value is -1.00. The summed E-state index contributed by atoms with van der Waals surface area (Å²) in [6, 6.07) is 10.1. The Bertz CT molecular complexity index is 338. The molecular weight excluding hydrogens is 222 g/mol. The third kappa shape index (κ3) is 4.68. The Balaban J connectivity index is 2.44. The average molecular weight is 239 g/mol. The van der Waals surface area contributed by atoms with E-state index >= 15 is 0 Å². The minimum Gasteiger partial charge on any atom is -0.289 e. The van der Waals surface area contributed by atoms with Gasteiger partial charge in [0.2, 0.25) is 5.91 Å². The predicted octanol–water partition coefficient (Wildman–Crippen LogP) is 2.59. The van der Waals surface area contributed by atoms with Crippen LogP contribution in [-0.4, -0.2) is 15.9 Å². The lowest BCUT2D eigenvalue weighted by atomic mass is 10.1. The maximum atomic E-state index is 11.1. The van der Waals surface area contributed by atoms with Crippen LogP contribution in [0.2, 0.25) is 0 Å². The summed E-state index contributed by atoms with van der Waals surface area (Å²) in [5.74, 6) is 0.526. The van der Waals surface area contributed by atoms with Gasteiger partial charge in [-0.1, -0.05) is 44.2 Å². The van der Waals surface area contributed by atoms with E-state index in [2.05, 4.69) is 12.1 Å². The topological polar surface area (TPSA) is 49.3 Å². The first-order valence-electron chi connectivity index (χ1n) is 5.14. The third-order valence-corrected chi connectivity index (χ3v) is 3.59. The van der Waals surface area contributed by atoms with Crippen molar-refractivity contribution in [2.45, 2.75) is 30.8 Å². The van der Waals surface area contributed by atoms with E-state index in [0.717, 1.165) is 5.75 Å². The van der Waals surface area contributed by atoms with Gasteiger partial charge in [-0.05, 0) is 5.56 Å². The van der Waals surface area contributed by atoms with Gasteiger partial charge >= 0.3 is 0 Å². The van der Waals surface area contributed by atoms with Gasteiger partial charge in [-0.15, -0.1) is 0 Å². The van der Waals surface area contributed by atoms with Crippen LogP contribution in [0, 0.1) is 0 Å². The van der Waals surface area contributed by atoms with Crippen LogP contribution in [-0.2, 0) is 10.5 Å². The van der Waals surface area contributed by atoms with Gasteiger partial charge < -0.3 is 0 Å². The minimum atomic E-state index is -0.342. The molecule has 0 heterocycles. The van der Waals surface area contributed by atoms with Crippen LogP contribution in [0.25, 0.3) is 0 Å². The van der Waals surface area contributed by atoms with E-state index in [1.807, 2.05) is 32.0 Å². The fraction of sp³-hybridized carbons (Fsp3) is 0.417. The van der Waals surface area contributed by atoms with Gasteiger partial charge in [0.15, 0.2) is 0 Å². The highest BCUT2D eigenvalue weighted by molar-refractivity contribution is 7.99. The zero-order valence-corrected chi connectivity index (χ0v) is 10.4. The molecule has 16 heavy (non-hydrogen) atoms. The number of amides is 1. The molecule has 0 saturated carbocycles. The van der Waals surface area contributed by atoms with Crippen molar-refractivity contribution < 1.29 is 10.0 Å². The molecule has 1 aromatic rings. The molecule has 0 fully saturated rings. The van der Waals surface area contributed by atoms with E-state index in [-0.39, 0.29) is 10.7 Å². The van der Waals surface area contributed by atoms with Gasteiger partial charge in [-0.2, -0.15) is 11.8 Å². The summed E-state index contributed by atoms with van der Waals surface area (Å²) in [5, 5.41) is 8.47. The molecule has 3 nitrogen and oxygen atoms in total. The van der Waals surface area contributed by atoms with Crippen molar-refractivity contribution in [3.63, 3.8) is 0 Å². The number of carbonyl (C=O) groups excluding carboxylic acids is 1. The molecule has 0 spiro atoms. The quantitative estimate of drug-likeness (QED) is 0.613. The number of hydroxylamine groups is 1. The zero-order valence-electron chi connectivity index (χ0n) is 9.56. The number of rotatable bonds is 5. The Morgan fingerprint density at radius 1 is 1.38 bits per heavy atom. The molecule has 0 saturated heterocycles. The van der Waals surface area contributed by atoms with Crippen LogP contribution in [0.4, 0.5) is 0 Å². The minimum absolute atomic E-state index is 0.178. The van der Waals surface area contributed by atoms with Crippen molar-refractivity contribution in [2.24, 2.45) is 0 Å². The summed E-state index contributed by atoms with van der Waals surface area (Å²) in [4.78, 5) is 11.1. The molecule has 0 aliphatic rings. The third-order valence-electron chi connectivity index (χ3n) is 2.18. The molecule has 0 bridgehead atoms. The van der Waals surface area contributed by atoms with E-state index in [1.54, 1.807) is 17.2 Å². The van der Waals surface area contributed by atoms with Crippen molar-refractivity contribution in [2.75, 3.05) is 0 Å². The number of carbonyl (C=O) groups is 1. The normalized spacial score (nSPS) is 11.2. The number of hydrogen-bond donors (Lipinski definition) is 2. The monoisotopic (exact) mass is 239 g/mol. The molecule has 0 radical (unpaired) electrons. The molecule has 0 unspecified atom stereocenters. The molecule has 1 aromatic carbocycles. The lowest BCUT2D eigenvalue weighted by Gasteiger charge is -2.22. The van der Waals surface area contributed by atoms with Crippen LogP contribution in [0.1, 0.15) is 25.8 Å². The van der Waals surface area contributed by atoms with Crippen LogP contribution in [0.3, 0.4) is 0 Å². The summed E-state index contributed by atoms with van der Waals surface area (Å²) in [7, 11) is 0. The molecule has 88 valence electrons. The summed E-state index contributed by atoms with van der Waals surface area (Å²) in [6.07, 6.45) is 0.307. The largest absolute Gasteiger partial charge is 0.289 e. The molecule has 1 amide bonds. The highest BCUT2D eigenvalue weighted by Gasteiger charge is 2.22. The van der Waals surface area contributed by atoms with Crippen LogP contribution >= 0.6 is 11.8 Å². The standard InChI is InChI=1S/C12H17NO2S/c1-12(2,8-11(14)13-15)16-9-10-6-4-3-5-7-10/h3-7,15H,8-9H2,1-2H3,(H,13,14). The Morgan fingerprint density at radius 2 is 2.00 bits per heavy atom. The predicted molar refractivity (Wildman–Crippen MR) is 66.4 cm³/mol. The van der Waals surface area contributed by atoms with Crippen molar-refractivity contribution in [3.05, 3.63) is 35.9 Å². The van der Waals surface area contributed by atoms with E-state index < -0.39 is 0 Å². The zero-order chi connectivity index (χ0) is 12.0. The molecular formula is C12H17NO2S. The van der Waals surface area contributed by atoms with Crippen LogP contribution in [0.5, 0.6) is 0 Å². The molecule has 0 aromatic heterocycles. The Morgan fingerprint density at radius 3 is 2.56 bits per heavy atom. The van der Waals surface area contributed by atoms with Crippen molar-refractivity contribution in [1.29, 1.82) is 0 Å². The number of nitrogens with one attached hydrogen (secondary N) is 1. The van der Waals surface area contributed by atoms with E-state index in [1.165, 1.54) is 5.56 Å². The molecule has 2 N–H and O–H groups in total. The SMILES string of the molecule is CC(C)(CC(=O)NO)SCc1ccccc1. The molecule has 0 aliphatic heterocycles. The fourth-order valence-electron chi connectivity index (χ4n) is 1.33. The first-order chi connectivity index (χ1) is 7.53. The van der Waals surface area contributed by atoms with Gasteiger partial charge in [0.25, 0.3) is 0 Å². The number of hydrogen-bond acceptors (Lipinski definition) is 3. The molecule has 1 rings (SSSR count).